The maximum absolute atomic E-state index is 13.6. The van der Waals surface area contributed by atoms with E-state index in [1.54, 1.807) is 49.4 Å². The molecule has 0 aliphatic carbocycles. The van der Waals surface area contributed by atoms with Gasteiger partial charge in [-0.2, -0.15) is 0 Å². The van der Waals surface area contributed by atoms with Crippen molar-refractivity contribution in [1.29, 1.82) is 0 Å². The molecule has 0 atom stereocenters. The Morgan fingerprint density at radius 2 is 1.58 bits per heavy atom. The first-order chi connectivity index (χ1) is 17.1. The van der Waals surface area contributed by atoms with Crippen LogP contribution < -0.4 is 14.5 Å². The molecule has 0 saturated carbocycles. The number of amides is 1. The first-order valence-corrected chi connectivity index (χ1v) is 13.6. The normalized spacial score (nSPS) is 14.5. The number of likely N-dealkylation sites (N-methyl/N-ethyl adjacent to an activating group) is 1. The zero-order valence-corrected chi connectivity index (χ0v) is 22.3. The van der Waals surface area contributed by atoms with Crippen molar-refractivity contribution >= 4 is 44.6 Å². The molecular weight excluding hydrogens is 496 g/mol. The lowest BCUT2D eigenvalue weighted by atomic mass is 10.2. The van der Waals surface area contributed by atoms with Crippen LogP contribution in [0.3, 0.4) is 0 Å². The Morgan fingerprint density at radius 1 is 0.944 bits per heavy atom. The predicted octanol–water partition coefficient (Wildman–Crippen LogP) is 4.54. The highest BCUT2D eigenvalue weighted by molar-refractivity contribution is 7.92. The number of nitrogens with zero attached hydrogens (tertiary/aromatic N) is 3. The molecule has 1 amide bonds. The Balaban J connectivity index is 1.55. The van der Waals surface area contributed by atoms with E-state index in [0.717, 1.165) is 41.7 Å². The van der Waals surface area contributed by atoms with Crippen LogP contribution in [-0.2, 0) is 14.8 Å². The molecule has 1 aliphatic heterocycles. The van der Waals surface area contributed by atoms with Crippen LogP contribution in [-0.4, -0.2) is 59.0 Å². The summed E-state index contributed by atoms with van der Waals surface area (Å²) in [7, 11) is -1.91. The maximum Gasteiger partial charge on any atom is 0.264 e. The average Bonchev–Trinajstić information content (AvgIpc) is 2.86. The minimum atomic E-state index is -4.02. The van der Waals surface area contributed by atoms with Crippen molar-refractivity contribution in [2.24, 2.45) is 0 Å². The maximum atomic E-state index is 13.6. The Bertz CT molecular complexity index is 1320. The molecule has 0 radical (unpaired) electrons. The van der Waals surface area contributed by atoms with Gasteiger partial charge in [0, 0.05) is 42.6 Å². The van der Waals surface area contributed by atoms with Gasteiger partial charge < -0.3 is 15.1 Å². The zero-order valence-electron chi connectivity index (χ0n) is 20.7. The second kappa shape index (κ2) is 10.9. The number of anilines is 3. The number of halogens is 1. The van der Waals surface area contributed by atoms with Crippen LogP contribution in [0.15, 0.2) is 71.6 Å². The number of nitrogens with one attached hydrogen (secondary N) is 1. The standard InChI is InChI=1S/C27H31ClN4O3S/c1-20-7-13-24(14-8-20)36(34,35)32(26-6-4-5-25(28)21(26)2)19-27(33)29-22-9-11-23(12-10-22)31-17-15-30(3)16-18-31/h4-14H,15-19H2,1-3H3,(H,29,33). The first-order valence-electron chi connectivity index (χ1n) is 11.8. The molecule has 0 aromatic heterocycles. The lowest BCUT2D eigenvalue weighted by molar-refractivity contribution is -0.114. The van der Waals surface area contributed by atoms with E-state index < -0.39 is 22.5 Å². The summed E-state index contributed by atoms with van der Waals surface area (Å²) in [5, 5.41) is 3.27. The summed E-state index contributed by atoms with van der Waals surface area (Å²) in [6.45, 7) is 7.15. The largest absolute Gasteiger partial charge is 0.369 e. The van der Waals surface area contributed by atoms with E-state index in [1.165, 1.54) is 0 Å². The monoisotopic (exact) mass is 526 g/mol. The quantitative estimate of drug-likeness (QED) is 0.489. The lowest BCUT2D eigenvalue weighted by Crippen LogP contribution is -2.44. The van der Waals surface area contributed by atoms with Gasteiger partial charge in [-0.25, -0.2) is 8.42 Å². The summed E-state index contributed by atoms with van der Waals surface area (Å²) in [6.07, 6.45) is 0. The van der Waals surface area contributed by atoms with Crippen molar-refractivity contribution in [3.05, 3.63) is 82.9 Å². The van der Waals surface area contributed by atoms with Gasteiger partial charge in [0.05, 0.1) is 10.6 Å². The van der Waals surface area contributed by atoms with Crippen LogP contribution in [0, 0.1) is 13.8 Å². The Labute approximate surface area is 218 Å². The third-order valence-electron chi connectivity index (χ3n) is 6.42. The number of hydrogen-bond acceptors (Lipinski definition) is 5. The fourth-order valence-electron chi connectivity index (χ4n) is 4.15. The molecule has 0 unspecified atom stereocenters. The molecular formula is C27H31ClN4O3S. The van der Waals surface area contributed by atoms with Gasteiger partial charge in [0.1, 0.15) is 6.54 Å². The van der Waals surface area contributed by atoms with Gasteiger partial charge in [0.15, 0.2) is 0 Å². The number of piperazine rings is 1. The smallest absolute Gasteiger partial charge is 0.264 e. The van der Waals surface area contributed by atoms with Gasteiger partial charge in [-0.05, 0) is 75.0 Å². The minimum Gasteiger partial charge on any atom is -0.369 e. The van der Waals surface area contributed by atoms with E-state index in [1.807, 2.05) is 31.2 Å². The van der Waals surface area contributed by atoms with Crippen molar-refractivity contribution in [2.75, 3.05) is 54.3 Å². The average molecular weight is 527 g/mol. The highest BCUT2D eigenvalue weighted by atomic mass is 35.5. The van der Waals surface area contributed by atoms with E-state index in [-0.39, 0.29) is 4.90 Å². The summed E-state index contributed by atoms with van der Waals surface area (Å²) in [6, 6.07) is 19.2. The van der Waals surface area contributed by atoms with Crippen LogP contribution in [0.4, 0.5) is 17.1 Å². The molecule has 3 aromatic carbocycles. The highest BCUT2D eigenvalue weighted by Gasteiger charge is 2.29. The Morgan fingerprint density at radius 3 is 2.22 bits per heavy atom. The van der Waals surface area contributed by atoms with Gasteiger partial charge in [-0.1, -0.05) is 35.4 Å². The number of carbonyl (C=O) groups is 1. The van der Waals surface area contributed by atoms with Crippen LogP contribution >= 0.6 is 11.6 Å². The SMILES string of the molecule is Cc1ccc(S(=O)(=O)N(CC(=O)Nc2ccc(N3CCN(C)CC3)cc2)c2cccc(Cl)c2C)cc1. The molecule has 190 valence electrons. The number of benzene rings is 3. The van der Waals surface area contributed by atoms with E-state index >= 15 is 0 Å². The molecule has 1 saturated heterocycles. The second-order valence-electron chi connectivity index (χ2n) is 9.09. The van der Waals surface area contributed by atoms with E-state index in [4.69, 9.17) is 11.6 Å². The van der Waals surface area contributed by atoms with Crippen LogP contribution in [0.25, 0.3) is 0 Å². The number of sulfonamides is 1. The van der Waals surface area contributed by atoms with Gasteiger partial charge >= 0.3 is 0 Å². The fourth-order valence-corrected chi connectivity index (χ4v) is 5.80. The van der Waals surface area contributed by atoms with Crippen molar-refractivity contribution in [3.63, 3.8) is 0 Å². The third kappa shape index (κ3) is 5.83. The van der Waals surface area contributed by atoms with Crippen molar-refractivity contribution in [1.82, 2.24) is 4.90 Å². The van der Waals surface area contributed by atoms with E-state index in [0.29, 0.717) is 22.0 Å². The first kappa shape index (κ1) is 26.0. The van der Waals surface area contributed by atoms with Gasteiger partial charge in [-0.3, -0.25) is 9.10 Å². The number of hydrogen-bond donors (Lipinski definition) is 1. The third-order valence-corrected chi connectivity index (χ3v) is 8.61. The lowest BCUT2D eigenvalue weighted by Gasteiger charge is -2.34. The fraction of sp³-hybridized carbons (Fsp3) is 0.296. The molecule has 1 aliphatic rings. The molecule has 7 nitrogen and oxygen atoms in total. The predicted molar refractivity (Wildman–Crippen MR) is 147 cm³/mol. The van der Waals surface area contributed by atoms with E-state index in [9.17, 15) is 13.2 Å². The van der Waals surface area contributed by atoms with Crippen LogP contribution in [0.1, 0.15) is 11.1 Å². The van der Waals surface area contributed by atoms with Gasteiger partial charge in [0.25, 0.3) is 10.0 Å². The van der Waals surface area contributed by atoms with Crippen LogP contribution in [0.2, 0.25) is 5.02 Å². The molecule has 1 fully saturated rings. The summed E-state index contributed by atoms with van der Waals surface area (Å²) in [5.41, 5.74) is 3.59. The van der Waals surface area contributed by atoms with Crippen molar-refractivity contribution in [2.45, 2.75) is 18.7 Å². The highest BCUT2D eigenvalue weighted by Crippen LogP contribution is 2.31. The molecule has 36 heavy (non-hydrogen) atoms. The van der Waals surface area contributed by atoms with Crippen molar-refractivity contribution < 1.29 is 13.2 Å². The second-order valence-corrected chi connectivity index (χ2v) is 11.4. The number of carbonyl (C=O) groups excluding carboxylic acids is 1. The van der Waals surface area contributed by atoms with Gasteiger partial charge in [0.2, 0.25) is 5.91 Å². The molecule has 4 rings (SSSR count). The van der Waals surface area contributed by atoms with Gasteiger partial charge in [-0.15, -0.1) is 0 Å². The molecule has 0 spiro atoms. The Kier molecular flexibility index (Phi) is 7.88. The van der Waals surface area contributed by atoms with E-state index in [2.05, 4.69) is 22.2 Å². The topological polar surface area (TPSA) is 73.0 Å². The zero-order chi connectivity index (χ0) is 25.9. The minimum absolute atomic E-state index is 0.108. The molecule has 3 aromatic rings. The number of aryl methyl sites for hydroxylation is 1. The summed E-state index contributed by atoms with van der Waals surface area (Å²) < 4.78 is 28.4. The summed E-state index contributed by atoms with van der Waals surface area (Å²) in [4.78, 5) is 17.8. The van der Waals surface area contributed by atoms with Crippen LogP contribution in [0.5, 0.6) is 0 Å². The Hall–Kier alpha value is -3.07. The molecule has 1 heterocycles. The molecule has 0 bridgehead atoms. The summed E-state index contributed by atoms with van der Waals surface area (Å²) >= 11 is 6.30. The molecule has 9 heteroatoms. The molecule has 1 N–H and O–H groups in total. The number of rotatable bonds is 7. The van der Waals surface area contributed by atoms with Crippen molar-refractivity contribution in [3.8, 4) is 0 Å². The summed E-state index contributed by atoms with van der Waals surface area (Å²) in [5.74, 6) is -0.447.